The van der Waals surface area contributed by atoms with Gasteiger partial charge in [-0.15, -0.1) is 0 Å². The van der Waals surface area contributed by atoms with Crippen LogP contribution in [0.15, 0.2) is 48.7 Å². The van der Waals surface area contributed by atoms with Crippen LogP contribution in [-0.2, 0) is 6.18 Å². The fourth-order valence-corrected chi connectivity index (χ4v) is 2.33. The first-order valence-electron chi connectivity index (χ1n) is 6.62. The first-order valence-corrected chi connectivity index (χ1v) is 6.62. The molecule has 0 fully saturated rings. The van der Waals surface area contributed by atoms with E-state index in [4.69, 9.17) is 5.73 Å². The third kappa shape index (κ3) is 2.90. The predicted octanol–water partition coefficient (Wildman–Crippen LogP) is 4.48. The Morgan fingerprint density at radius 2 is 1.78 bits per heavy atom. The highest BCUT2D eigenvalue weighted by molar-refractivity contribution is 5.81. The lowest BCUT2D eigenvalue weighted by Gasteiger charge is -2.10. The molecule has 3 N–H and O–H groups in total. The number of nitrogens with one attached hydrogen (secondary N) is 1. The second kappa shape index (κ2) is 5.42. The van der Waals surface area contributed by atoms with Crippen molar-refractivity contribution in [1.29, 1.82) is 0 Å². The quantitative estimate of drug-likeness (QED) is 0.540. The molecule has 1 heterocycles. The Morgan fingerprint density at radius 3 is 2.48 bits per heavy atom. The molecule has 0 bridgehead atoms. The normalized spacial score (nSPS) is 11.7. The average molecular weight is 321 g/mol. The number of anilines is 1. The van der Waals surface area contributed by atoms with Crippen molar-refractivity contribution in [2.45, 2.75) is 6.18 Å². The van der Waals surface area contributed by atoms with Crippen LogP contribution in [0.25, 0.3) is 22.4 Å². The third-order valence-corrected chi connectivity index (χ3v) is 3.40. The van der Waals surface area contributed by atoms with Crippen LogP contribution in [0.2, 0.25) is 0 Å². The van der Waals surface area contributed by atoms with Crippen molar-refractivity contribution in [2.75, 3.05) is 5.73 Å². The molecule has 0 amide bonds. The SMILES string of the molecule is Nc1cccc(-c2cn[nH]c2-c2ccc(F)c(C(F)(F)F)c2)c1. The lowest BCUT2D eigenvalue weighted by molar-refractivity contribution is -0.139. The standard InChI is InChI=1S/C16H11F4N3/c17-14-5-4-10(7-13(14)16(18,19)20)15-12(8-22-23-15)9-2-1-3-11(21)6-9/h1-8H,21H2,(H,22,23). The molecule has 0 unspecified atom stereocenters. The number of H-pyrrole nitrogens is 1. The minimum atomic E-state index is -4.77. The molecule has 7 heteroatoms. The number of hydrogen-bond acceptors (Lipinski definition) is 2. The maximum absolute atomic E-state index is 13.4. The largest absolute Gasteiger partial charge is 0.419 e. The molecule has 118 valence electrons. The first kappa shape index (κ1) is 15.1. The Morgan fingerprint density at radius 1 is 1.00 bits per heavy atom. The topological polar surface area (TPSA) is 54.7 Å². The van der Waals surface area contributed by atoms with Gasteiger partial charge in [0.05, 0.1) is 17.5 Å². The highest BCUT2D eigenvalue weighted by Gasteiger charge is 2.34. The Balaban J connectivity index is 2.13. The number of rotatable bonds is 2. The van der Waals surface area contributed by atoms with Crippen molar-refractivity contribution >= 4 is 5.69 Å². The summed E-state index contributed by atoms with van der Waals surface area (Å²) in [5, 5.41) is 6.54. The lowest BCUT2D eigenvalue weighted by atomic mass is 10.00. The summed E-state index contributed by atoms with van der Waals surface area (Å²) in [7, 11) is 0. The molecule has 0 aliphatic rings. The van der Waals surface area contributed by atoms with Gasteiger partial charge in [0, 0.05) is 16.8 Å². The van der Waals surface area contributed by atoms with E-state index >= 15 is 0 Å². The van der Waals surface area contributed by atoms with Gasteiger partial charge in [0.2, 0.25) is 0 Å². The zero-order valence-electron chi connectivity index (χ0n) is 11.7. The van der Waals surface area contributed by atoms with E-state index in [-0.39, 0.29) is 5.56 Å². The summed E-state index contributed by atoms with van der Waals surface area (Å²) in [6.45, 7) is 0. The van der Waals surface area contributed by atoms with Crippen LogP contribution in [0.3, 0.4) is 0 Å². The Hall–Kier alpha value is -2.83. The number of nitrogen functional groups attached to an aromatic ring is 1. The van der Waals surface area contributed by atoms with Gasteiger partial charge in [0.15, 0.2) is 0 Å². The number of hydrogen-bond donors (Lipinski definition) is 2. The van der Waals surface area contributed by atoms with Crippen molar-refractivity contribution in [3.05, 3.63) is 60.0 Å². The van der Waals surface area contributed by atoms with Crippen LogP contribution in [0.4, 0.5) is 23.2 Å². The first-order chi connectivity index (χ1) is 10.9. The fourth-order valence-electron chi connectivity index (χ4n) is 2.33. The zero-order chi connectivity index (χ0) is 16.6. The number of alkyl halides is 3. The zero-order valence-corrected chi connectivity index (χ0v) is 11.7. The number of aromatic nitrogens is 2. The Kier molecular flexibility index (Phi) is 3.55. The molecule has 0 saturated carbocycles. The predicted molar refractivity (Wildman–Crippen MR) is 78.8 cm³/mol. The summed E-state index contributed by atoms with van der Waals surface area (Å²) in [4.78, 5) is 0. The van der Waals surface area contributed by atoms with Gasteiger partial charge in [-0.05, 0) is 35.9 Å². The van der Waals surface area contributed by atoms with E-state index in [0.29, 0.717) is 22.5 Å². The Labute approximate surface area is 128 Å². The van der Waals surface area contributed by atoms with Gasteiger partial charge >= 0.3 is 6.18 Å². The van der Waals surface area contributed by atoms with Gasteiger partial charge in [0.1, 0.15) is 5.82 Å². The van der Waals surface area contributed by atoms with Crippen LogP contribution in [0.5, 0.6) is 0 Å². The van der Waals surface area contributed by atoms with Crippen LogP contribution in [0, 0.1) is 5.82 Å². The molecule has 0 spiro atoms. The molecule has 0 aliphatic heterocycles. The molecule has 2 aromatic carbocycles. The number of aromatic amines is 1. The number of nitrogens with zero attached hydrogens (tertiary/aromatic N) is 1. The molecule has 3 rings (SSSR count). The highest BCUT2D eigenvalue weighted by Crippen LogP contribution is 2.36. The number of benzene rings is 2. The molecular weight excluding hydrogens is 310 g/mol. The summed E-state index contributed by atoms with van der Waals surface area (Å²) in [6, 6.07) is 9.70. The molecule has 0 atom stereocenters. The minimum absolute atomic E-state index is 0.189. The van der Waals surface area contributed by atoms with Gasteiger partial charge in [-0.1, -0.05) is 12.1 Å². The van der Waals surface area contributed by atoms with Crippen LogP contribution in [0.1, 0.15) is 5.56 Å². The monoisotopic (exact) mass is 321 g/mol. The van der Waals surface area contributed by atoms with E-state index in [0.717, 1.165) is 12.1 Å². The molecule has 3 aromatic rings. The van der Waals surface area contributed by atoms with E-state index in [9.17, 15) is 17.6 Å². The second-order valence-electron chi connectivity index (χ2n) is 4.98. The molecule has 23 heavy (non-hydrogen) atoms. The Bertz CT molecular complexity index is 853. The van der Waals surface area contributed by atoms with Crippen LogP contribution < -0.4 is 5.73 Å². The lowest BCUT2D eigenvalue weighted by Crippen LogP contribution is -2.08. The maximum Gasteiger partial charge on any atom is 0.419 e. The molecule has 3 nitrogen and oxygen atoms in total. The van der Waals surface area contributed by atoms with E-state index in [1.165, 1.54) is 12.3 Å². The molecule has 0 radical (unpaired) electrons. The molecule has 0 aliphatic carbocycles. The van der Waals surface area contributed by atoms with E-state index in [1.807, 2.05) is 0 Å². The summed E-state index contributed by atoms with van der Waals surface area (Å²) in [5.74, 6) is -1.31. The average Bonchev–Trinajstić information content (AvgIpc) is 2.96. The number of halogens is 4. The summed E-state index contributed by atoms with van der Waals surface area (Å²) < 4.78 is 52.0. The van der Waals surface area contributed by atoms with Gasteiger partial charge in [-0.25, -0.2) is 4.39 Å². The summed E-state index contributed by atoms with van der Waals surface area (Å²) in [5.41, 5.74) is 6.76. The van der Waals surface area contributed by atoms with E-state index in [2.05, 4.69) is 10.2 Å². The van der Waals surface area contributed by atoms with Crippen molar-refractivity contribution < 1.29 is 17.6 Å². The smallest absolute Gasteiger partial charge is 0.399 e. The van der Waals surface area contributed by atoms with Crippen molar-refractivity contribution in [3.63, 3.8) is 0 Å². The van der Waals surface area contributed by atoms with E-state index in [1.54, 1.807) is 24.3 Å². The summed E-state index contributed by atoms with van der Waals surface area (Å²) in [6.07, 6.45) is -3.28. The summed E-state index contributed by atoms with van der Waals surface area (Å²) >= 11 is 0. The van der Waals surface area contributed by atoms with Crippen LogP contribution in [-0.4, -0.2) is 10.2 Å². The van der Waals surface area contributed by atoms with Gasteiger partial charge < -0.3 is 5.73 Å². The second-order valence-corrected chi connectivity index (χ2v) is 4.98. The van der Waals surface area contributed by atoms with Crippen LogP contribution >= 0.6 is 0 Å². The van der Waals surface area contributed by atoms with Crippen molar-refractivity contribution in [3.8, 4) is 22.4 Å². The minimum Gasteiger partial charge on any atom is -0.399 e. The van der Waals surface area contributed by atoms with Crippen molar-refractivity contribution in [2.24, 2.45) is 0 Å². The molecule has 1 aromatic heterocycles. The fraction of sp³-hybridized carbons (Fsp3) is 0.0625. The highest BCUT2D eigenvalue weighted by atomic mass is 19.4. The third-order valence-electron chi connectivity index (χ3n) is 3.40. The van der Waals surface area contributed by atoms with Gasteiger partial charge in [-0.3, -0.25) is 5.10 Å². The van der Waals surface area contributed by atoms with Gasteiger partial charge in [0.25, 0.3) is 0 Å². The number of nitrogens with two attached hydrogens (primary N) is 1. The van der Waals surface area contributed by atoms with E-state index < -0.39 is 17.6 Å². The molecule has 0 saturated heterocycles. The van der Waals surface area contributed by atoms with Crippen molar-refractivity contribution in [1.82, 2.24) is 10.2 Å². The maximum atomic E-state index is 13.4. The molecular formula is C16H11F4N3. The van der Waals surface area contributed by atoms with Gasteiger partial charge in [-0.2, -0.15) is 18.3 Å².